The molecule has 0 radical (unpaired) electrons. The minimum atomic E-state index is -4.33. The number of nitrogens with zero attached hydrogens (tertiary/aromatic N) is 1. The lowest BCUT2D eigenvalue weighted by Gasteiger charge is -2.11. The summed E-state index contributed by atoms with van der Waals surface area (Å²) in [6.07, 6.45) is 0. The van der Waals surface area contributed by atoms with E-state index >= 15 is 0 Å². The number of methoxy groups -OCH3 is 1. The number of sulfone groups is 1. The van der Waals surface area contributed by atoms with E-state index in [2.05, 4.69) is 4.72 Å². The highest BCUT2D eigenvalue weighted by molar-refractivity contribution is 7.92. The molecule has 0 atom stereocenters. The van der Waals surface area contributed by atoms with Gasteiger partial charge in [-0.25, -0.2) is 21.2 Å². The van der Waals surface area contributed by atoms with Gasteiger partial charge in [0, 0.05) is 6.07 Å². The molecule has 3 aromatic rings. The third-order valence-electron chi connectivity index (χ3n) is 4.21. The Labute approximate surface area is 177 Å². The predicted molar refractivity (Wildman–Crippen MR) is 109 cm³/mol. The average molecular weight is 466 g/mol. The largest absolute Gasteiger partial charge is 0.494 e. The molecule has 12 heteroatoms. The second kappa shape index (κ2) is 8.32. The molecule has 162 valence electrons. The average Bonchev–Trinajstić information content (AvgIpc) is 2.74. The number of hydrogen-bond acceptors (Lipinski definition) is 7. The summed E-state index contributed by atoms with van der Waals surface area (Å²) in [6, 6.07) is 12.7. The van der Waals surface area contributed by atoms with E-state index in [0.29, 0.717) is 6.07 Å². The van der Waals surface area contributed by atoms with Crippen LogP contribution in [0, 0.1) is 15.9 Å². The number of hydrogen-bond donors (Lipinski definition) is 1. The van der Waals surface area contributed by atoms with Gasteiger partial charge < -0.3 is 4.74 Å². The van der Waals surface area contributed by atoms with Crippen molar-refractivity contribution in [3.8, 4) is 5.75 Å². The molecule has 0 bridgehead atoms. The first-order chi connectivity index (χ1) is 14.6. The molecular formula is C19H15FN2O7S2. The van der Waals surface area contributed by atoms with Gasteiger partial charge in [0.15, 0.2) is 11.6 Å². The predicted octanol–water partition coefficient (Wildman–Crippen LogP) is 3.38. The van der Waals surface area contributed by atoms with E-state index in [4.69, 9.17) is 4.74 Å². The van der Waals surface area contributed by atoms with Crippen LogP contribution in [-0.2, 0) is 19.9 Å². The highest BCUT2D eigenvalue weighted by Gasteiger charge is 2.26. The number of rotatable bonds is 7. The Kier molecular flexibility index (Phi) is 5.95. The van der Waals surface area contributed by atoms with Gasteiger partial charge in [-0.2, -0.15) is 0 Å². The van der Waals surface area contributed by atoms with Crippen molar-refractivity contribution in [3.63, 3.8) is 0 Å². The van der Waals surface area contributed by atoms with Gasteiger partial charge in [-0.15, -0.1) is 0 Å². The van der Waals surface area contributed by atoms with E-state index in [-0.39, 0.29) is 10.6 Å². The van der Waals surface area contributed by atoms with Gasteiger partial charge in [0.1, 0.15) is 5.69 Å². The molecule has 0 amide bonds. The van der Waals surface area contributed by atoms with Crippen molar-refractivity contribution < 1.29 is 30.9 Å². The molecule has 0 saturated carbocycles. The molecule has 0 unspecified atom stereocenters. The van der Waals surface area contributed by atoms with Crippen molar-refractivity contribution in [2.45, 2.75) is 14.7 Å². The third kappa shape index (κ3) is 4.49. The summed E-state index contributed by atoms with van der Waals surface area (Å²) in [5, 5.41) is 11.5. The van der Waals surface area contributed by atoms with Gasteiger partial charge in [-0.1, -0.05) is 18.2 Å². The zero-order valence-electron chi connectivity index (χ0n) is 15.9. The van der Waals surface area contributed by atoms with Crippen LogP contribution in [-0.4, -0.2) is 28.9 Å². The maximum absolute atomic E-state index is 13.9. The Hall–Kier alpha value is -3.51. The quantitative estimate of drug-likeness (QED) is 0.417. The molecule has 0 heterocycles. The number of nitro benzene ring substituents is 1. The first-order valence-electron chi connectivity index (χ1n) is 8.51. The Morgan fingerprint density at radius 2 is 1.52 bits per heavy atom. The van der Waals surface area contributed by atoms with Crippen LogP contribution < -0.4 is 9.46 Å². The maximum Gasteiger partial charge on any atom is 0.294 e. The molecule has 31 heavy (non-hydrogen) atoms. The van der Waals surface area contributed by atoms with Crippen molar-refractivity contribution >= 4 is 31.2 Å². The first-order valence-corrected chi connectivity index (χ1v) is 11.5. The van der Waals surface area contributed by atoms with Crippen LogP contribution in [0.3, 0.4) is 0 Å². The van der Waals surface area contributed by atoms with Crippen LogP contribution in [0.2, 0.25) is 0 Å². The highest BCUT2D eigenvalue weighted by Crippen LogP contribution is 2.33. The summed E-state index contributed by atoms with van der Waals surface area (Å²) in [7, 11) is -7.27. The highest BCUT2D eigenvalue weighted by atomic mass is 32.2. The third-order valence-corrected chi connectivity index (χ3v) is 7.34. The van der Waals surface area contributed by atoms with Gasteiger partial charge >= 0.3 is 0 Å². The van der Waals surface area contributed by atoms with Gasteiger partial charge in [0.2, 0.25) is 9.84 Å². The number of sulfonamides is 1. The van der Waals surface area contributed by atoms with Gasteiger partial charge in [-0.05, 0) is 42.5 Å². The molecule has 0 spiro atoms. The van der Waals surface area contributed by atoms with Gasteiger partial charge in [-0.3, -0.25) is 14.8 Å². The number of halogens is 1. The smallest absolute Gasteiger partial charge is 0.294 e. The lowest BCUT2D eigenvalue weighted by atomic mass is 10.3. The van der Waals surface area contributed by atoms with E-state index in [1.165, 1.54) is 31.4 Å². The van der Waals surface area contributed by atoms with E-state index < -0.39 is 51.8 Å². The molecule has 0 fully saturated rings. The van der Waals surface area contributed by atoms with E-state index in [0.717, 1.165) is 30.3 Å². The van der Waals surface area contributed by atoms with Crippen molar-refractivity contribution in [1.82, 2.24) is 0 Å². The molecule has 3 aromatic carbocycles. The van der Waals surface area contributed by atoms with Crippen molar-refractivity contribution in [2.75, 3.05) is 11.8 Å². The second-order valence-corrected chi connectivity index (χ2v) is 9.79. The minimum absolute atomic E-state index is 0.130. The normalized spacial score (nSPS) is 11.7. The lowest BCUT2D eigenvalue weighted by molar-refractivity contribution is -0.384. The van der Waals surface area contributed by atoms with E-state index in [9.17, 15) is 31.3 Å². The van der Waals surface area contributed by atoms with Crippen LogP contribution in [0.4, 0.5) is 15.8 Å². The Morgan fingerprint density at radius 3 is 2.10 bits per heavy atom. The molecule has 0 saturated heterocycles. The summed E-state index contributed by atoms with van der Waals surface area (Å²) in [5.41, 5.74) is -1.21. The van der Waals surface area contributed by atoms with E-state index in [1.54, 1.807) is 6.07 Å². The molecule has 3 rings (SSSR count). The van der Waals surface area contributed by atoms with Gasteiger partial charge in [0.05, 0.1) is 26.7 Å². The summed E-state index contributed by atoms with van der Waals surface area (Å²) >= 11 is 0. The fourth-order valence-electron chi connectivity index (χ4n) is 2.67. The molecular weight excluding hydrogens is 451 g/mol. The Morgan fingerprint density at radius 1 is 0.903 bits per heavy atom. The number of anilines is 1. The van der Waals surface area contributed by atoms with Crippen LogP contribution in [0.1, 0.15) is 0 Å². The summed E-state index contributed by atoms with van der Waals surface area (Å²) in [4.78, 5) is 9.49. The van der Waals surface area contributed by atoms with Crippen LogP contribution in [0.25, 0.3) is 0 Å². The minimum Gasteiger partial charge on any atom is -0.494 e. The van der Waals surface area contributed by atoms with Crippen molar-refractivity contribution in [1.29, 1.82) is 0 Å². The SMILES string of the molecule is COc1ccc(S(=O)(=O)c2ccc(NS(=O)(=O)c3ccccc3)c([N+](=O)[O-])c2)cc1F. The molecule has 0 aromatic heterocycles. The monoisotopic (exact) mass is 466 g/mol. The Bertz CT molecular complexity index is 1360. The number of nitrogens with one attached hydrogen (secondary N) is 1. The van der Waals surface area contributed by atoms with E-state index in [1.807, 2.05) is 0 Å². The number of ether oxygens (including phenoxy) is 1. The summed E-state index contributed by atoms with van der Waals surface area (Å²) in [6.45, 7) is 0. The molecule has 0 aliphatic carbocycles. The summed E-state index contributed by atoms with van der Waals surface area (Å²) < 4.78 is 71.3. The zero-order valence-corrected chi connectivity index (χ0v) is 17.5. The Balaban J connectivity index is 2.04. The molecule has 0 aliphatic heterocycles. The number of benzene rings is 3. The topological polar surface area (TPSA) is 133 Å². The zero-order chi connectivity index (χ0) is 22.8. The first kappa shape index (κ1) is 22.2. The second-order valence-electron chi connectivity index (χ2n) is 6.15. The summed E-state index contributed by atoms with van der Waals surface area (Å²) in [5.74, 6) is -1.10. The standard InChI is InChI=1S/C19H15FN2O7S2/c1-29-19-10-8-14(11-16(19)20)30(25,26)15-7-9-17(18(12-15)22(23)24)21-31(27,28)13-5-3-2-4-6-13/h2-12,21H,1H3. The fraction of sp³-hybridized carbons (Fsp3) is 0.0526. The van der Waals surface area contributed by atoms with Crippen LogP contribution >= 0.6 is 0 Å². The van der Waals surface area contributed by atoms with Crippen molar-refractivity contribution in [2.24, 2.45) is 0 Å². The number of nitro groups is 1. The lowest BCUT2D eigenvalue weighted by Crippen LogP contribution is -2.14. The molecule has 1 N–H and O–H groups in total. The van der Waals surface area contributed by atoms with Crippen LogP contribution in [0.15, 0.2) is 81.4 Å². The molecule has 9 nitrogen and oxygen atoms in total. The fourth-order valence-corrected chi connectivity index (χ4v) is 5.06. The molecule has 0 aliphatic rings. The van der Waals surface area contributed by atoms with Crippen LogP contribution in [0.5, 0.6) is 5.75 Å². The van der Waals surface area contributed by atoms with Gasteiger partial charge in [0.25, 0.3) is 15.7 Å². The van der Waals surface area contributed by atoms with Crippen molar-refractivity contribution in [3.05, 3.63) is 82.7 Å². The maximum atomic E-state index is 13.9.